The lowest BCUT2D eigenvalue weighted by Crippen LogP contribution is -2.22. The second-order valence-electron chi connectivity index (χ2n) is 5.58. The Balaban J connectivity index is 1.80. The minimum atomic E-state index is -0.122. The average molecular weight is 381 g/mol. The molecule has 0 bridgehead atoms. The molecule has 2 aromatic rings. The molecule has 0 N–H and O–H groups in total. The van der Waals surface area contributed by atoms with Gasteiger partial charge in [0.2, 0.25) is 0 Å². The van der Waals surface area contributed by atoms with Crippen molar-refractivity contribution in [1.29, 1.82) is 0 Å². The van der Waals surface area contributed by atoms with E-state index in [-0.39, 0.29) is 6.29 Å². The van der Waals surface area contributed by atoms with E-state index in [4.69, 9.17) is 9.47 Å². The first-order valence-electron chi connectivity index (χ1n) is 7.95. The molecule has 0 amide bonds. The number of hydrogen-bond donors (Lipinski definition) is 0. The second-order valence-corrected chi connectivity index (χ2v) is 6.43. The van der Waals surface area contributed by atoms with Crippen LogP contribution >= 0.6 is 15.9 Å². The van der Waals surface area contributed by atoms with Crippen molar-refractivity contribution < 1.29 is 9.47 Å². The first-order valence-corrected chi connectivity index (χ1v) is 8.74. The molecule has 1 aliphatic rings. The highest BCUT2D eigenvalue weighted by Crippen LogP contribution is 2.24. The van der Waals surface area contributed by atoms with E-state index in [1.807, 2.05) is 11.7 Å². The van der Waals surface area contributed by atoms with Crippen molar-refractivity contribution in [3.8, 4) is 11.4 Å². The molecule has 3 heterocycles. The van der Waals surface area contributed by atoms with Crippen molar-refractivity contribution in [2.24, 2.45) is 7.05 Å². The molecule has 3 rings (SSSR count). The van der Waals surface area contributed by atoms with Crippen molar-refractivity contribution in [2.75, 3.05) is 6.61 Å². The monoisotopic (exact) mass is 380 g/mol. The molecule has 7 heteroatoms. The molecule has 6 nitrogen and oxygen atoms in total. The van der Waals surface area contributed by atoms with E-state index >= 15 is 0 Å². The van der Waals surface area contributed by atoms with Crippen molar-refractivity contribution >= 4 is 15.9 Å². The topological polar surface area (TPSA) is 62.1 Å². The summed E-state index contributed by atoms with van der Waals surface area (Å²) in [6, 6.07) is 0. The van der Waals surface area contributed by atoms with Crippen LogP contribution in [0.2, 0.25) is 0 Å². The second kappa shape index (κ2) is 7.51. The maximum atomic E-state index is 5.90. The van der Waals surface area contributed by atoms with Crippen LogP contribution in [0.1, 0.15) is 37.6 Å². The van der Waals surface area contributed by atoms with Crippen molar-refractivity contribution in [1.82, 2.24) is 19.7 Å². The van der Waals surface area contributed by atoms with Gasteiger partial charge in [-0.2, -0.15) is 5.10 Å². The number of rotatable bonds is 5. The van der Waals surface area contributed by atoms with Gasteiger partial charge in [0.05, 0.1) is 34.2 Å². The Morgan fingerprint density at radius 1 is 1.39 bits per heavy atom. The Morgan fingerprint density at radius 3 is 3.00 bits per heavy atom. The molecule has 0 aliphatic carbocycles. The van der Waals surface area contributed by atoms with E-state index in [0.29, 0.717) is 12.4 Å². The fourth-order valence-electron chi connectivity index (χ4n) is 2.62. The number of aromatic nitrogens is 4. The number of hydrogen-bond acceptors (Lipinski definition) is 5. The normalized spacial score (nSPS) is 18.3. The predicted octanol–water partition coefficient (Wildman–Crippen LogP) is 3.25. The largest absolute Gasteiger partial charge is 0.353 e. The van der Waals surface area contributed by atoms with E-state index in [1.54, 1.807) is 12.4 Å². The summed E-state index contributed by atoms with van der Waals surface area (Å²) in [5, 5.41) is 4.34. The molecule has 0 aromatic carbocycles. The van der Waals surface area contributed by atoms with Gasteiger partial charge in [0.15, 0.2) is 12.1 Å². The van der Waals surface area contributed by atoms with Gasteiger partial charge in [0.25, 0.3) is 0 Å². The molecule has 23 heavy (non-hydrogen) atoms. The summed E-state index contributed by atoms with van der Waals surface area (Å²) in [4.78, 5) is 9.06. The molecule has 124 valence electrons. The van der Waals surface area contributed by atoms with Gasteiger partial charge in [-0.1, -0.05) is 6.92 Å². The molecule has 1 saturated heterocycles. The fourth-order valence-corrected chi connectivity index (χ4v) is 3.09. The number of halogens is 1. The first kappa shape index (κ1) is 16.5. The van der Waals surface area contributed by atoms with Gasteiger partial charge in [0, 0.05) is 19.9 Å². The molecular weight excluding hydrogens is 360 g/mol. The summed E-state index contributed by atoms with van der Waals surface area (Å²) in [6.07, 6.45) is 7.53. The number of aryl methyl sites for hydroxylation is 2. The van der Waals surface area contributed by atoms with Crippen LogP contribution < -0.4 is 0 Å². The Kier molecular flexibility index (Phi) is 5.40. The Labute approximate surface area is 144 Å². The molecule has 0 saturated carbocycles. The summed E-state index contributed by atoms with van der Waals surface area (Å²) in [7, 11) is 1.91. The molecule has 1 atom stereocenters. The first-order chi connectivity index (χ1) is 11.2. The zero-order chi connectivity index (χ0) is 16.2. The zero-order valence-electron chi connectivity index (χ0n) is 13.5. The van der Waals surface area contributed by atoms with Gasteiger partial charge in [-0.05, 0) is 41.6 Å². The predicted molar refractivity (Wildman–Crippen MR) is 89.7 cm³/mol. The third-order valence-electron chi connectivity index (χ3n) is 4.00. The molecular formula is C16H21BrN4O2. The Morgan fingerprint density at radius 2 is 2.26 bits per heavy atom. The van der Waals surface area contributed by atoms with Gasteiger partial charge < -0.3 is 9.47 Å². The summed E-state index contributed by atoms with van der Waals surface area (Å²) >= 11 is 3.48. The van der Waals surface area contributed by atoms with Gasteiger partial charge in [0.1, 0.15) is 0 Å². The van der Waals surface area contributed by atoms with Crippen LogP contribution in [0.5, 0.6) is 0 Å². The van der Waals surface area contributed by atoms with E-state index in [9.17, 15) is 0 Å². The minimum Gasteiger partial charge on any atom is -0.353 e. The Hall–Kier alpha value is -1.31. The van der Waals surface area contributed by atoms with Crippen LogP contribution in [0.15, 0.2) is 16.9 Å². The summed E-state index contributed by atoms with van der Waals surface area (Å²) in [5.74, 6) is 0.682. The summed E-state index contributed by atoms with van der Waals surface area (Å²) < 4.78 is 14.3. The van der Waals surface area contributed by atoms with Crippen LogP contribution in [0.25, 0.3) is 11.4 Å². The standard InChI is InChI=1S/C16H21BrN4O2/c1-3-13-12(17)9-18-16(20-13)11-8-19-21(2)14(11)10-23-15-6-4-5-7-22-15/h8-9,15H,3-7,10H2,1-2H3. The lowest BCUT2D eigenvalue weighted by atomic mass is 10.2. The van der Waals surface area contributed by atoms with Gasteiger partial charge in [-0.3, -0.25) is 4.68 Å². The van der Waals surface area contributed by atoms with Gasteiger partial charge in [-0.25, -0.2) is 9.97 Å². The fraction of sp³-hybridized carbons (Fsp3) is 0.562. The van der Waals surface area contributed by atoms with E-state index in [1.165, 1.54) is 0 Å². The van der Waals surface area contributed by atoms with E-state index < -0.39 is 0 Å². The average Bonchev–Trinajstić information content (AvgIpc) is 2.95. The van der Waals surface area contributed by atoms with E-state index in [0.717, 1.165) is 53.7 Å². The maximum Gasteiger partial charge on any atom is 0.163 e. The van der Waals surface area contributed by atoms with Crippen LogP contribution in [-0.2, 0) is 29.5 Å². The van der Waals surface area contributed by atoms with Crippen molar-refractivity contribution in [3.05, 3.63) is 28.3 Å². The van der Waals surface area contributed by atoms with Crippen molar-refractivity contribution in [3.63, 3.8) is 0 Å². The van der Waals surface area contributed by atoms with E-state index in [2.05, 4.69) is 37.9 Å². The lowest BCUT2D eigenvalue weighted by molar-refractivity contribution is -0.169. The van der Waals surface area contributed by atoms with Crippen LogP contribution in [0.4, 0.5) is 0 Å². The van der Waals surface area contributed by atoms with Crippen LogP contribution in [0.3, 0.4) is 0 Å². The summed E-state index contributed by atoms with van der Waals surface area (Å²) in [5.41, 5.74) is 2.86. The summed E-state index contributed by atoms with van der Waals surface area (Å²) in [6.45, 7) is 3.29. The highest BCUT2D eigenvalue weighted by Gasteiger charge is 2.18. The third-order valence-corrected chi connectivity index (χ3v) is 4.66. The molecule has 2 aromatic heterocycles. The highest BCUT2D eigenvalue weighted by molar-refractivity contribution is 9.10. The smallest absolute Gasteiger partial charge is 0.163 e. The maximum absolute atomic E-state index is 5.90. The zero-order valence-corrected chi connectivity index (χ0v) is 15.0. The van der Waals surface area contributed by atoms with Gasteiger partial charge >= 0.3 is 0 Å². The highest BCUT2D eigenvalue weighted by atomic mass is 79.9. The number of ether oxygens (including phenoxy) is 2. The Bertz CT molecular complexity index is 668. The molecule has 0 radical (unpaired) electrons. The van der Waals surface area contributed by atoms with Crippen LogP contribution in [-0.4, -0.2) is 32.6 Å². The SMILES string of the molecule is CCc1nc(-c2cnn(C)c2COC2CCCCO2)ncc1Br. The quantitative estimate of drug-likeness (QED) is 0.796. The molecule has 0 spiro atoms. The third kappa shape index (κ3) is 3.79. The van der Waals surface area contributed by atoms with Gasteiger partial charge in [-0.15, -0.1) is 0 Å². The van der Waals surface area contributed by atoms with Crippen LogP contribution in [0, 0.1) is 0 Å². The number of nitrogens with zero attached hydrogens (tertiary/aromatic N) is 4. The van der Waals surface area contributed by atoms with Crippen molar-refractivity contribution in [2.45, 2.75) is 45.5 Å². The lowest BCUT2D eigenvalue weighted by Gasteiger charge is -2.22. The molecule has 1 aliphatic heterocycles. The molecule has 1 unspecified atom stereocenters. The minimum absolute atomic E-state index is 0.122. The molecule has 1 fully saturated rings.